The van der Waals surface area contributed by atoms with Crippen molar-refractivity contribution < 1.29 is 19.1 Å². The molecule has 0 saturated carbocycles. The number of methoxy groups -OCH3 is 2. The molecule has 0 fully saturated rings. The van der Waals surface area contributed by atoms with Crippen molar-refractivity contribution in [1.82, 2.24) is 5.16 Å². The van der Waals surface area contributed by atoms with Crippen molar-refractivity contribution in [2.24, 2.45) is 0 Å². The number of aromatic nitrogens is 1. The van der Waals surface area contributed by atoms with Gasteiger partial charge in [-0.05, 0) is 30.7 Å². The molecule has 0 radical (unpaired) electrons. The molecular weight excluding hydrogens is 306 g/mol. The normalized spacial score (nSPS) is 10.7. The second-order valence-corrected chi connectivity index (χ2v) is 5.38. The molecule has 0 atom stereocenters. The van der Waals surface area contributed by atoms with E-state index in [0.29, 0.717) is 28.5 Å². The Morgan fingerprint density at radius 1 is 1.04 bits per heavy atom. The number of aliphatic hydroxyl groups excluding tert-OH is 1. The molecule has 0 aliphatic heterocycles. The third-order valence-corrected chi connectivity index (χ3v) is 3.99. The van der Waals surface area contributed by atoms with E-state index in [1.54, 1.807) is 20.3 Å². The standard InChI is InChI=1S/C19H19NO4/c1-12-6-4-5-7-14(12)19-15(11-21)18(20-24-19)13-8-9-16(22-2)17(10-13)23-3/h4-10,21H,11H2,1-3H3. The molecule has 2 aromatic carbocycles. The fourth-order valence-corrected chi connectivity index (χ4v) is 2.71. The first-order valence-electron chi connectivity index (χ1n) is 7.57. The highest BCUT2D eigenvalue weighted by Crippen LogP contribution is 2.37. The number of ether oxygens (including phenoxy) is 2. The highest BCUT2D eigenvalue weighted by molar-refractivity contribution is 5.75. The van der Waals surface area contributed by atoms with Gasteiger partial charge in [-0.15, -0.1) is 0 Å². The number of hydrogen-bond donors (Lipinski definition) is 1. The molecule has 24 heavy (non-hydrogen) atoms. The number of aliphatic hydroxyl groups is 1. The van der Waals surface area contributed by atoms with Crippen LogP contribution in [0.25, 0.3) is 22.6 Å². The molecule has 1 N–H and O–H groups in total. The van der Waals surface area contributed by atoms with Gasteiger partial charge >= 0.3 is 0 Å². The molecule has 0 bridgehead atoms. The van der Waals surface area contributed by atoms with Crippen molar-refractivity contribution in [3.05, 3.63) is 53.6 Å². The Morgan fingerprint density at radius 3 is 2.46 bits per heavy atom. The number of hydrogen-bond acceptors (Lipinski definition) is 5. The first-order valence-corrected chi connectivity index (χ1v) is 7.57. The van der Waals surface area contributed by atoms with E-state index in [0.717, 1.165) is 16.7 Å². The summed E-state index contributed by atoms with van der Waals surface area (Å²) in [5, 5.41) is 14.0. The summed E-state index contributed by atoms with van der Waals surface area (Å²) in [6.07, 6.45) is 0. The summed E-state index contributed by atoms with van der Waals surface area (Å²) >= 11 is 0. The van der Waals surface area contributed by atoms with Crippen LogP contribution in [0.3, 0.4) is 0 Å². The van der Waals surface area contributed by atoms with Crippen LogP contribution >= 0.6 is 0 Å². The lowest BCUT2D eigenvalue weighted by atomic mass is 10.00. The Labute approximate surface area is 140 Å². The van der Waals surface area contributed by atoms with Crippen LogP contribution in [0, 0.1) is 6.92 Å². The summed E-state index contributed by atoms with van der Waals surface area (Å²) in [7, 11) is 3.17. The molecular formula is C19H19NO4. The monoisotopic (exact) mass is 325 g/mol. The minimum absolute atomic E-state index is 0.170. The molecule has 1 heterocycles. The van der Waals surface area contributed by atoms with Crippen molar-refractivity contribution >= 4 is 0 Å². The fraction of sp³-hybridized carbons (Fsp3) is 0.211. The van der Waals surface area contributed by atoms with Crippen molar-refractivity contribution in [2.45, 2.75) is 13.5 Å². The molecule has 3 rings (SSSR count). The number of benzene rings is 2. The fourth-order valence-electron chi connectivity index (χ4n) is 2.71. The minimum atomic E-state index is -0.170. The third kappa shape index (κ3) is 2.74. The second-order valence-electron chi connectivity index (χ2n) is 5.38. The van der Waals surface area contributed by atoms with Gasteiger partial charge in [0.1, 0.15) is 5.69 Å². The average molecular weight is 325 g/mol. The van der Waals surface area contributed by atoms with Gasteiger partial charge in [0.2, 0.25) is 0 Å². The molecule has 0 saturated heterocycles. The Kier molecular flexibility index (Phi) is 4.53. The van der Waals surface area contributed by atoms with Gasteiger partial charge in [-0.25, -0.2) is 0 Å². The van der Waals surface area contributed by atoms with Crippen LogP contribution in [0.5, 0.6) is 11.5 Å². The van der Waals surface area contributed by atoms with E-state index in [1.165, 1.54) is 0 Å². The molecule has 0 spiro atoms. The zero-order valence-electron chi connectivity index (χ0n) is 13.9. The van der Waals surface area contributed by atoms with Crippen LogP contribution in [0.1, 0.15) is 11.1 Å². The van der Waals surface area contributed by atoms with E-state index in [-0.39, 0.29) is 6.61 Å². The van der Waals surface area contributed by atoms with Gasteiger partial charge in [0, 0.05) is 11.1 Å². The lowest BCUT2D eigenvalue weighted by Crippen LogP contribution is -1.93. The highest BCUT2D eigenvalue weighted by atomic mass is 16.5. The van der Waals surface area contributed by atoms with Crippen molar-refractivity contribution in [3.8, 4) is 34.1 Å². The third-order valence-electron chi connectivity index (χ3n) is 3.99. The number of rotatable bonds is 5. The molecule has 124 valence electrons. The van der Waals surface area contributed by atoms with E-state index in [4.69, 9.17) is 14.0 Å². The highest BCUT2D eigenvalue weighted by Gasteiger charge is 2.20. The second kappa shape index (κ2) is 6.76. The van der Waals surface area contributed by atoms with E-state index >= 15 is 0 Å². The molecule has 0 aliphatic carbocycles. The first-order chi connectivity index (χ1) is 11.7. The predicted octanol–water partition coefficient (Wildman–Crippen LogP) is 3.83. The predicted molar refractivity (Wildman–Crippen MR) is 91.1 cm³/mol. The van der Waals surface area contributed by atoms with Crippen LogP contribution in [0.15, 0.2) is 47.0 Å². The maximum absolute atomic E-state index is 9.87. The zero-order valence-corrected chi connectivity index (χ0v) is 13.9. The van der Waals surface area contributed by atoms with E-state index in [1.807, 2.05) is 43.3 Å². The van der Waals surface area contributed by atoms with E-state index in [9.17, 15) is 5.11 Å². The van der Waals surface area contributed by atoms with Crippen LogP contribution in [0.2, 0.25) is 0 Å². The molecule has 0 amide bonds. The Hall–Kier alpha value is -2.79. The molecule has 1 aromatic heterocycles. The minimum Gasteiger partial charge on any atom is -0.493 e. The van der Waals surface area contributed by atoms with Crippen molar-refractivity contribution in [1.29, 1.82) is 0 Å². The molecule has 5 nitrogen and oxygen atoms in total. The quantitative estimate of drug-likeness (QED) is 0.772. The molecule has 0 aliphatic rings. The maximum Gasteiger partial charge on any atom is 0.173 e. The first kappa shape index (κ1) is 16.1. The van der Waals surface area contributed by atoms with Crippen molar-refractivity contribution in [2.75, 3.05) is 14.2 Å². The summed E-state index contributed by atoms with van der Waals surface area (Å²) < 4.78 is 16.1. The summed E-state index contributed by atoms with van der Waals surface area (Å²) in [6, 6.07) is 13.3. The van der Waals surface area contributed by atoms with Crippen LogP contribution in [-0.2, 0) is 6.61 Å². The van der Waals surface area contributed by atoms with Gasteiger partial charge in [0.25, 0.3) is 0 Å². The lowest BCUT2D eigenvalue weighted by Gasteiger charge is -2.09. The summed E-state index contributed by atoms with van der Waals surface area (Å²) in [5.41, 5.74) is 4.01. The van der Waals surface area contributed by atoms with Crippen LogP contribution in [0.4, 0.5) is 0 Å². The Balaban J connectivity index is 2.12. The van der Waals surface area contributed by atoms with E-state index in [2.05, 4.69) is 5.16 Å². The van der Waals surface area contributed by atoms with Gasteiger partial charge in [-0.1, -0.05) is 29.4 Å². The van der Waals surface area contributed by atoms with Gasteiger partial charge in [-0.3, -0.25) is 0 Å². The number of aryl methyl sites for hydroxylation is 1. The summed E-state index contributed by atoms with van der Waals surface area (Å²) in [6.45, 7) is 1.83. The summed E-state index contributed by atoms with van der Waals surface area (Å²) in [5.74, 6) is 1.81. The maximum atomic E-state index is 9.87. The molecule has 3 aromatic rings. The van der Waals surface area contributed by atoms with E-state index < -0.39 is 0 Å². The Bertz CT molecular complexity index is 854. The zero-order chi connectivity index (χ0) is 17.1. The molecule has 0 unspecified atom stereocenters. The van der Waals surface area contributed by atoms with Crippen molar-refractivity contribution in [3.63, 3.8) is 0 Å². The Morgan fingerprint density at radius 2 is 1.79 bits per heavy atom. The average Bonchev–Trinajstić information content (AvgIpc) is 3.05. The summed E-state index contributed by atoms with van der Waals surface area (Å²) in [4.78, 5) is 0. The van der Waals surface area contributed by atoms with Gasteiger partial charge in [-0.2, -0.15) is 0 Å². The lowest BCUT2D eigenvalue weighted by molar-refractivity contribution is 0.281. The van der Waals surface area contributed by atoms with Gasteiger partial charge in [0.15, 0.2) is 17.3 Å². The largest absolute Gasteiger partial charge is 0.493 e. The van der Waals surface area contributed by atoms with Gasteiger partial charge in [0.05, 0.1) is 26.4 Å². The van der Waals surface area contributed by atoms with Crippen LogP contribution < -0.4 is 9.47 Å². The smallest absolute Gasteiger partial charge is 0.173 e. The topological polar surface area (TPSA) is 64.7 Å². The van der Waals surface area contributed by atoms with Crippen LogP contribution in [-0.4, -0.2) is 24.5 Å². The SMILES string of the molecule is COc1ccc(-c2noc(-c3ccccc3C)c2CO)cc1OC. The van der Waals surface area contributed by atoms with Gasteiger partial charge < -0.3 is 19.1 Å². The number of nitrogens with zero attached hydrogens (tertiary/aromatic N) is 1. The molecule has 5 heteroatoms.